The molecule has 0 bridgehead atoms. The van der Waals surface area contributed by atoms with E-state index in [2.05, 4.69) is 5.10 Å². The van der Waals surface area contributed by atoms with Crippen molar-refractivity contribution in [3.05, 3.63) is 17.5 Å². The number of carbonyl (C=O) groups excluding carboxylic acids is 1. The first-order valence-electron chi connectivity index (χ1n) is 6.99. The van der Waals surface area contributed by atoms with Crippen molar-refractivity contribution in [1.82, 2.24) is 14.7 Å². The number of likely N-dealkylation sites (N-methyl/N-ethyl adjacent to an activating group) is 1. The first kappa shape index (κ1) is 14.1. The van der Waals surface area contributed by atoms with Crippen LogP contribution in [0.5, 0.6) is 0 Å². The maximum absolute atomic E-state index is 12.3. The minimum atomic E-state index is 0.122. The highest BCUT2D eigenvalue weighted by molar-refractivity contribution is 5.76. The number of rotatable bonds is 4. The van der Waals surface area contributed by atoms with Crippen LogP contribution in [-0.4, -0.2) is 40.2 Å². The monoisotopic (exact) mass is 264 g/mol. The van der Waals surface area contributed by atoms with Gasteiger partial charge in [-0.15, -0.1) is 0 Å². The van der Waals surface area contributed by atoms with E-state index in [-0.39, 0.29) is 5.91 Å². The third kappa shape index (κ3) is 2.97. The predicted octanol–water partition coefficient (Wildman–Crippen LogP) is 1.09. The van der Waals surface area contributed by atoms with Crippen molar-refractivity contribution in [2.24, 2.45) is 11.7 Å². The zero-order valence-electron chi connectivity index (χ0n) is 12.1. The van der Waals surface area contributed by atoms with Crippen LogP contribution in [0.15, 0.2) is 6.07 Å². The van der Waals surface area contributed by atoms with Crippen molar-refractivity contribution in [1.29, 1.82) is 0 Å². The summed E-state index contributed by atoms with van der Waals surface area (Å²) in [5, 5.41) is 4.34. The molecule has 1 aliphatic carbocycles. The van der Waals surface area contributed by atoms with Gasteiger partial charge in [-0.05, 0) is 45.2 Å². The van der Waals surface area contributed by atoms with Crippen molar-refractivity contribution in [2.45, 2.75) is 45.7 Å². The summed E-state index contributed by atoms with van der Waals surface area (Å²) in [6, 6.07) is 2.29. The van der Waals surface area contributed by atoms with E-state index in [1.807, 2.05) is 31.9 Å². The summed E-state index contributed by atoms with van der Waals surface area (Å²) in [6.07, 6.45) is 3.38. The van der Waals surface area contributed by atoms with Gasteiger partial charge in [0, 0.05) is 18.8 Å². The normalized spacial score (nSPS) is 22.7. The Morgan fingerprint density at radius 2 is 2.26 bits per heavy atom. The molecule has 0 saturated heterocycles. The minimum Gasteiger partial charge on any atom is -0.341 e. The molecule has 2 unspecified atom stereocenters. The van der Waals surface area contributed by atoms with Gasteiger partial charge >= 0.3 is 0 Å². The second-order valence-corrected chi connectivity index (χ2v) is 5.58. The Balaban J connectivity index is 2.01. The van der Waals surface area contributed by atoms with E-state index in [4.69, 9.17) is 5.73 Å². The molecule has 1 aromatic rings. The highest BCUT2D eigenvalue weighted by Crippen LogP contribution is 2.28. The molecule has 1 aromatic heterocycles. The first-order chi connectivity index (χ1) is 9.02. The van der Waals surface area contributed by atoms with Crippen LogP contribution >= 0.6 is 0 Å². The van der Waals surface area contributed by atoms with Crippen LogP contribution in [-0.2, 0) is 11.3 Å². The predicted molar refractivity (Wildman–Crippen MR) is 74.7 cm³/mol. The Kier molecular flexibility index (Phi) is 4.24. The molecule has 0 spiro atoms. The maximum Gasteiger partial charge on any atom is 0.244 e. The molecule has 106 valence electrons. The summed E-state index contributed by atoms with van der Waals surface area (Å²) in [6.45, 7) is 4.91. The van der Waals surface area contributed by atoms with Crippen LogP contribution in [0.4, 0.5) is 0 Å². The Hall–Kier alpha value is -1.36. The number of nitrogens with zero attached hydrogens (tertiary/aromatic N) is 3. The largest absolute Gasteiger partial charge is 0.341 e. The third-order valence-electron chi connectivity index (χ3n) is 4.20. The quantitative estimate of drug-likeness (QED) is 0.885. The van der Waals surface area contributed by atoms with E-state index in [0.29, 0.717) is 25.0 Å². The van der Waals surface area contributed by atoms with Crippen molar-refractivity contribution in [2.75, 3.05) is 13.6 Å². The van der Waals surface area contributed by atoms with Gasteiger partial charge in [0.15, 0.2) is 0 Å². The molecule has 19 heavy (non-hydrogen) atoms. The topological polar surface area (TPSA) is 64.2 Å². The number of aryl methyl sites for hydroxylation is 2. The zero-order chi connectivity index (χ0) is 14.0. The van der Waals surface area contributed by atoms with E-state index in [0.717, 1.165) is 24.2 Å². The number of amides is 1. The van der Waals surface area contributed by atoms with Crippen LogP contribution in [0.3, 0.4) is 0 Å². The average Bonchev–Trinajstić information content (AvgIpc) is 2.95. The number of hydrogen-bond donors (Lipinski definition) is 1. The van der Waals surface area contributed by atoms with Crippen LogP contribution in [0.1, 0.15) is 30.7 Å². The van der Waals surface area contributed by atoms with Gasteiger partial charge in [0.25, 0.3) is 0 Å². The second kappa shape index (κ2) is 5.74. The smallest absolute Gasteiger partial charge is 0.244 e. The van der Waals surface area contributed by atoms with E-state index < -0.39 is 0 Å². The van der Waals surface area contributed by atoms with Crippen LogP contribution in [0.25, 0.3) is 0 Å². The molecule has 5 nitrogen and oxygen atoms in total. The Labute approximate surface area is 114 Å². The molecule has 0 aliphatic heterocycles. The Morgan fingerprint density at radius 3 is 2.84 bits per heavy atom. The lowest BCUT2D eigenvalue weighted by atomic mass is 10.0. The van der Waals surface area contributed by atoms with Gasteiger partial charge in [0.05, 0.1) is 5.69 Å². The van der Waals surface area contributed by atoms with Crippen LogP contribution in [0.2, 0.25) is 0 Å². The van der Waals surface area contributed by atoms with E-state index in [9.17, 15) is 4.79 Å². The molecule has 2 N–H and O–H groups in total. The molecule has 2 atom stereocenters. The fourth-order valence-electron chi connectivity index (χ4n) is 3.06. The summed E-state index contributed by atoms with van der Waals surface area (Å²) < 4.78 is 1.78. The molecule has 2 rings (SSSR count). The minimum absolute atomic E-state index is 0.122. The van der Waals surface area contributed by atoms with E-state index in [1.165, 1.54) is 6.42 Å². The molecule has 1 amide bonds. The van der Waals surface area contributed by atoms with Crippen LogP contribution < -0.4 is 5.73 Å². The van der Waals surface area contributed by atoms with Crippen molar-refractivity contribution in [3.8, 4) is 0 Å². The van der Waals surface area contributed by atoms with E-state index in [1.54, 1.807) is 4.68 Å². The van der Waals surface area contributed by atoms with Gasteiger partial charge in [-0.2, -0.15) is 5.10 Å². The molecule has 0 aromatic carbocycles. The van der Waals surface area contributed by atoms with Gasteiger partial charge in [0.1, 0.15) is 6.54 Å². The molecule has 5 heteroatoms. The molecular formula is C14H24N4O. The third-order valence-corrected chi connectivity index (χ3v) is 4.20. The average molecular weight is 264 g/mol. The summed E-state index contributed by atoms with van der Waals surface area (Å²) >= 11 is 0. The van der Waals surface area contributed by atoms with Crippen molar-refractivity contribution < 1.29 is 4.79 Å². The Bertz CT molecular complexity index is 454. The number of carbonyl (C=O) groups is 1. The number of hydrogen-bond acceptors (Lipinski definition) is 3. The Morgan fingerprint density at radius 1 is 1.53 bits per heavy atom. The van der Waals surface area contributed by atoms with Gasteiger partial charge in [-0.3, -0.25) is 9.48 Å². The van der Waals surface area contributed by atoms with E-state index >= 15 is 0 Å². The molecular weight excluding hydrogens is 240 g/mol. The summed E-state index contributed by atoms with van der Waals surface area (Å²) in [5.41, 5.74) is 7.77. The maximum atomic E-state index is 12.3. The van der Waals surface area contributed by atoms with Gasteiger partial charge in [0.2, 0.25) is 5.91 Å². The van der Waals surface area contributed by atoms with Crippen molar-refractivity contribution in [3.63, 3.8) is 0 Å². The lowest BCUT2D eigenvalue weighted by Crippen LogP contribution is -2.43. The SMILES string of the molecule is Cc1cc(C)n(CC(=O)N(C)C2CCCC2CN)n1. The highest BCUT2D eigenvalue weighted by Gasteiger charge is 2.31. The molecule has 1 saturated carbocycles. The summed E-state index contributed by atoms with van der Waals surface area (Å²) in [7, 11) is 1.90. The van der Waals surface area contributed by atoms with Gasteiger partial charge in [-0.1, -0.05) is 6.42 Å². The second-order valence-electron chi connectivity index (χ2n) is 5.58. The zero-order valence-corrected chi connectivity index (χ0v) is 12.1. The van der Waals surface area contributed by atoms with Gasteiger partial charge in [-0.25, -0.2) is 0 Å². The lowest BCUT2D eigenvalue weighted by molar-refractivity contribution is -0.133. The van der Waals surface area contributed by atoms with Crippen LogP contribution in [0, 0.1) is 19.8 Å². The molecule has 1 heterocycles. The number of aromatic nitrogens is 2. The highest BCUT2D eigenvalue weighted by atomic mass is 16.2. The van der Waals surface area contributed by atoms with Crippen molar-refractivity contribution >= 4 is 5.91 Å². The molecule has 1 aliphatic rings. The van der Waals surface area contributed by atoms with Gasteiger partial charge < -0.3 is 10.6 Å². The first-order valence-corrected chi connectivity index (χ1v) is 6.99. The fourth-order valence-corrected chi connectivity index (χ4v) is 3.06. The summed E-state index contributed by atoms with van der Waals surface area (Å²) in [5.74, 6) is 0.575. The summed E-state index contributed by atoms with van der Waals surface area (Å²) in [4.78, 5) is 14.2. The molecule has 1 fully saturated rings. The fraction of sp³-hybridized carbons (Fsp3) is 0.714. The lowest BCUT2D eigenvalue weighted by Gasteiger charge is -2.29. The number of nitrogens with two attached hydrogens (primary N) is 1. The standard InChI is InChI=1S/C14H24N4O/c1-10-7-11(2)18(16-10)9-14(19)17(3)13-6-4-5-12(13)8-15/h7,12-13H,4-6,8-9,15H2,1-3H3. The molecule has 0 radical (unpaired) electrons.